The lowest BCUT2D eigenvalue weighted by Crippen LogP contribution is -2.99. The first-order valence-corrected chi connectivity index (χ1v) is 7.41. The minimum absolute atomic E-state index is 0.139. The van der Waals surface area contributed by atoms with Crippen molar-refractivity contribution in [2.45, 2.75) is 19.1 Å². The number of hydrogen-bond acceptors (Lipinski definition) is 4. The van der Waals surface area contributed by atoms with E-state index in [0.29, 0.717) is 25.0 Å². The number of fused-ring (bicyclic) bond motifs is 3. The van der Waals surface area contributed by atoms with Gasteiger partial charge in [-0.25, -0.2) is 5.21 Å². The molecule has 21 heavy (non-hydrogen) atoms. The summed E-state index contributed by atoms with van der Waals surface area (Å²) in [5.41, 5.74) is 1.19. The summed E-state index contributed by atoms with van der Waals surface area (Å²) in [5, 5.41) is 19.2. The van der Waals surface area contributed by atoms with Crippen molar-refractivity contribution >= 4 is 5.69 Å². The number of allylic oxidation sites excluding steroid dienone is 2. The van der Waals surface area contributed by atoms with E-state index in [4.69, 9.17) is 14.7 Å². The molecule has 1 saturated heterocycles. The van der Waals surface area contributed by atoms with E-state index in [2.05, 4.69) is 12.2 Å². The van der Waals surface area contributed by atoms with E-state index in [1.54, 1.807) is 18.2 Å². The maximum absolute atomic E-state index is 11.0. The quantitative estimate of drug-likeness (QED) is 0.642. The van der Waals surface area contributed by atoms with Gasteiger partial charge in [0.1, 0.15) is 0 Å². The molecule has 0 aromatic heterocycles. The van der Waals surface area contributed by atoms with Crippen LogP contribution in [0.15, 0.2) is 36.4 Å². The molecular weight excluding hydrogens is 270 g/mol. The third-order valence-electron chi connectivity index (χ3n) is 5.08. The zero-order valence-corrected chi connectivity index (χ0v) is 11.7. The fraction of sp³-hybridized carbons (Fsp3) is 0.500. The molecule has 3 atom stereocenters. The molecule has 2 fully saturated rings. The fourth-order valence-corrected chi connectivity index (χ4v) is 3.97. The van der Waals surface area contributed by atoms with Gasteiger partial charge in [0.15, 0.2) is 12.0 Å². The van der Waals surface area contributed by atoms with Gasteiger partial charge in [0, 0.05) is 23.1 Å². The van der Waals surface area contributed by atoms with E-state index in [1.165, 1.54) is 6.42 Å². The van der Waals surface area contributed by atoms with Crippen LogP contribution >= 0.6 is 0 Å². The van der Waals surface area contributed by atoms with E-state index in [1.807, 2.05) is 6.07 Å². The first-order valence-electron chi connectivity index (χ1n) is 7.41. The maximum atomic E-state index is 11.0. The van der Waals surface area contributed by atoms with Gasteiger partial charge >= 0.3 is 0 Å². The smallest absolute Gasteiger partial charge is 0.184 e. The summed E-state index contributed by atoms with van der Waals surface area (Å²) >= 11 is 0. The molecule has 3 aliphatic rings. The van der Waals surface area contributed by atoms with Gasteiger partial charge in [0.2, 0.25) is 0 Å². The molecule has 2 aliphatic carbocycles. The Balaban J connectivity index is 1.48. The van der Waals surface area contributed by atoms with Crippen molar-refractivity contribution in [2.24, 2.45) is 17.3 Å². The topological polar surface area (TPSA) is 66.2 Å². The summed E-state index contributed by atoms with van der Waals surface area (Å²) in [6, 6.07) is 6.80. The van der Waals surface area contributed by atoms with Gasteiger partial charge in [0.25, 0.3) is 0 Å². The Morgan fingerprint density at radius 2 is 2.05 bits per heavy atom. The third kappa shape index (κ3) is 2.22. The second-order valence-electron chi connectivity index (χ2n) is 6.44. The van der Waals surface area contributed by atoms with Crippen molar-refractivity contribution in [3.8, 4) is 0 Å². The average Bonchev–Trinajstić information content (AvgIpc) is 3.09. The number of benzene rings is 1. The summed E-state index contributed by atoms with van der Waals surface area (Å²) in [5.74, 6) is 1.27. The van der Waals surface area contributed by atoms with Crippen LogP contribution in [0.25, 0.3) is 0 Å². The first-order chi connectivity index (χ1) is 10.2. The molecule has 2 N–H and O–H groups in total. The predicted molar refractivity (Wildman–Crippen MR) is 74.7 cm³/mol. The molecule has 1 saturated carbocycles. The molecule has 5 nitrogen and oxygen atoms in total. The molecule has 112 valence electrons. The molecule has 1 aromatic rings. The summed E-state index contributed by atoms with van der Waals surface area (Å²) in [6.45, 7) is 1.39. The zero-order valence-electron chi connectivity index (χ0n) is 11.7. The maximum Gasteiger partial charge on any atom is 0.184 e. The molecule has 4 rings (SSSR count). The van der Waals surface area contributed by atoms with Gasteiger partial charge in [0.05, 0.1) is 13.2 Å². The van der Waals surface area contributed by atoms with Crippen LogP contribution in [0.2, 0.25) is 0 Å². The Kier molecular flexibility index (Phi) is 3.13. The van der Waals surface area contributed by atoms with Crippen molar-refractivity contribution in [3.63, 3.8) is 0 Å². The van der Waals surface area contributed by atoms with Crippen LogP contribution in [0.1, 0.15) is 24.7 Å². The van der Waals surface area contributed by atoms with E-state index >= 15 is 0 Å². The van der Waals surface area contributed by atoms with Crippen LogP contribution in [0.3, 0.4) is 0 Å². The van der Waals surface area contributed by atoms with Crippen LogP contribution in [0, 0.1) is 22.5 Å². The Hall–Kier alpha value is -1.24. The predicted octanol–water partition coefficient (Wildman–Crippen LogP) is 1.72. The highest BCUT2D eigenvalue weighted by molar-refractivity contribution is 5.34. The summed E-state index contributed by atoms with van der Waals surface area (Å²) in [4.78, 5) is 0. The Morgan fingerprint density at radius 3 is 2.67 bits per heavy atom. The lowest BCUT2D eigenvalue weighted by atomic mass is 9.76. The summed E-state index contributed by atoms with van der Waals surface area (Å²) in [7, 11) is 0. The highest BCUT2D eigenvalue weighted by atomic mass is 16.8. The van der Waals surface area contributed by atoms with Crippen LogP contribution in [0.4, 0.5) is 5.69 Å². The van der Waals surface area contributed by atoms with E-state index < -0.39 is 11.5 Å². The molecule has 1 heterocycles. The Bertz CT molecular complexity index is 563. The fourth-order valence-electron chi connectivity index (χ4n) is 3.97. The van der Waals surface area contributed by atoms with Gasteiger partial charge in [-0.3, -0.25) is 0 Å². The van der Waals surface area contributed by atoms with E-state index in [-0.39, 0.29) is 11.1 Å². The van der Waals surface area contributed by atoms with Crippen LogP contribution in [0.5, 0.6) is 0 Å². The van der Waals surface area contributed by atoms with Gasteiger partial charge in [-0.05, 0) is 24.7 Å². The van der Waals surface area contributed by atoms with Crippen LogP contribution in [-0.2, 0) is 9.47 Å². The number of ether oxygens (including phenoxy) is 2. The highest BCUT2D eigenvalue weighted by Gasteiger charge is 2.51. The molecule has 1 aliphatic heterocycles. The van der Waals surface area contributed by atoms with Crippen molar-refractivity contribution in [3.05, 3.63) is 47.2 Å². The lowest BCUT2D eigenvalue weighted by Gasteiger charge is -2.41. The van der Waals surface area contributed by atoms with Gasteiger partial charge in [-0.2, -0.15) is 5.23 Å². The molecule has 1 aromatic carbocycles. The Labute approximate surface area is 123 Å². The minimum atomic E-state index is -0.928. The normalized spacial score (nSPS) is 39.0. The second kappa shape index (κ2) is 4.90. The van der Waals surface area contributed by atoms with Crippen molar-refractivity contribution in [2.75, 3.05) is 13.2 Å². The largest absolute Gasteiger partial charge is 0.595 e. The molecule has 5 heteroatoms. The van der Waals surface area contributed by atoms with Gasteiger partial charge < -0.3 is 14.7 Å². The SMILES string of the molecule is [O-][NH+](O)c1cccc(C2OCC3(CO2)CC2C=CC3C2)c1. The molecule has 3 unspecified atom stereocenters. The zero-order chi connectivity index (χ0) is 14.4. The Morgan fingerprint density at radius 1 is 1.24 bits per heavy atom. The number of nitrogens with one attached hydrogen (secondary N) is 1. The standard InChI is InChI=1S/C16H19NO4/c18-17(19)14-3-1-2-12(7-14)15-20-9-16(10-21-15)8-11-4-5-13(16)6-11/h1-5,7,11,13,15,17-18H,6,8-10H2. The molecule has 1 spiro atoms. The minimum Gasteiger partial charge on any atom is -0.595 e. The summed E-state index contributed by atoms with van der Waals surface area (Å²) in [6.07, 6.45) is 6.56. The average molecular weight is 289 g/mol. The van der Waals surface area contributed by atoms with Gasteiger partial charge in [-0.15, -0.1) is 0 Å². The summed E-state index contributed by atoms with van der Waals surface area (Å²) < 4.78 is 11.9. The first kappa shape index (κ1) is 13.4. The number of quaternary nitrogens is 1. The molecule has 0 amide bonds. The van der Waals surface area contributed by atoms with Gasteiger partial charge in [-0.1, -0.05) is 24.3 Å². The highest BCUT2D eigenvalue weighted by Crippen LogP contribution is 2.54. The van der Waals surface area contributed by atoms with Crippen molar-refractivity contribution in [1.29, 1.82) is 0 Å². The number of rotatable bonds is 2. The van der Waals surface area contributed by atoms with Crippen molar-refractivity contribution < 1.29 is 19.9 Å². The molecule has 0 radical (unpaired) electrons. The molecule has 2 bridgehead atoms. The monoisotopic (exact) mass is 289 g/mol. The number of hydrogen-bond donors (Lipinski definition) is 2. The lowest BCUT2D eigenvalue weighted by molar-refractivity contribution is -0.991. The van der Waals surface area contributed by atoms with Crippen molar-refractivity contribution in [1.82, 2.24) is 0 Å². The van der Waals surface area contributed by atoms with E-state index in [9.17, 15) is 5.21 Å². The molecular formula is C16H19NO4. The van der Waals surface area contributed by atoms with Crippen LogP contribution in [-0.4, -0.2) is 18.4 Å². The van der Waals surface area contributed by atoms with Crippen LogP contribution < -0.4 is 5.23 Å². The third-order valence-corrected chi connectivity index (χ3v) is 5.08. The second-order valence-corrected chi connectivity index (χ2v) is 6.44. The van der Waals surface area contributed by atoms with E-state index in [0.717, 1.165) is 12.0 Å².